The summed E-state index contributed by atoms with van der Waals surface area (Å²) >= 11 is 1.59. The third-order valence-corrected chi connectivity index (χ3v) is 7.19. The molecule has 7 heteroatoms. The molecule has 0 saturated heterocycles. The first-order chi connectivity index (χ1) is 13.5. The second-order valence-corrected chi connectivity index (χ2v) is 10.9. The van der Waals surface area contributed by atoms with Crippen molar-refractivity contribution in [3.8, 4) is 0 Å². The van der Waals surface area contributed by atoms with Gasteiger partial charge >= 0.3 is 5.97 Å². The van der Waals surface area contributed by atoms with Gasteiger partial charge in [-0.2, -0.15) is 0 Å². The van der Waals surface area contributed by atoms with Crippen molar-refractivity contribution in [1.82, 2.24) is 4.72 Å². The van der Waals surface area contributed by atoms with Gasteiger partial charge < -0.3 is 4.74 Å². The quantitative estimate of drug-likeness (QED) is 0.386. The Morgan fingerprint density at radius 1 is 1.14 bits per heavy atom. The van der Waals surface area contributed by atoms with Crippen LogP contribution in [0.1, 0.15) is 49.2 Å². The van der Waals surface area contributed by atoms with Crippen LogP contribution in [0.5, 0.6) is 0 Å². The minimum Gasteiger partial charge on any atom is -0.465 e. The fourth-order valence-corrected chi connectivity index (χ4v) is 4.82. The molecule has 0 saturated carbocycles. The molecule has 0 heterocycles. The van der Waals surface area contributed by atoms with Crippen molar-refractivity contribution in [2.45, 2.75) is 49.8 Å². The maximum absolute atomic E-state index is 12.7. The largest absolute Gasteiger partial charge is 0.465 e. The number of sulfonamides is 1. The Bertz CT molecular complexity index is 981. The van der Waals surface area contributed by atoms with Crippen LogP contribution in [0.25, 0.3) is 0 Å². The summed E-state index contributed by atoms with van der Waals surface area (Å²) in [7, 11) is -2.44. The number of esters is 1. The van der Waals surface area contributed by atoms with E-state index in [0.29, 0.717) is 11.3 Å². The Labute approximate surface area is 179 Å². The van der Waals surface area contributed by atoms with E-state index in [1.807, 2.05) is 0 Å². The highest BCUT2D eigenvalue weighted by atomic mass is 32.2. The first-order valence-corrected chi connectivity index (χ1v) is 11.8. The highest BCUT2D eigenvalue weighted by molar-refractivity contribution is 7.99. The molecule has 0 amide bonds. The van der Waals surface area contributed by atoms with E-state index in [-0.39, 0.29) is 23.8 Å². The summed E-state index contributed by atoms with van der Waals surface area (Å²) in [4.78, 5) is 13.1. The third-order valence-electron chi connectivity index (χ3n) is 4.74. The topological polar surface area (TPSA) is 72.5 Å². The molecule has 0 bridgehead atoms. The molecule has 0 unspecified atom stereocenters. The van der Waals surface area contributed by atoms with Crippen LogP contribution in [0.2, 0.25) is 0 Å². The van der Waals surface area contributed by atoms with Gasteiger partial charge in [-0.05, 0) is 60.2 Å². The highest BCUT2D eigenvalue weighted by Crippen LogP contribution is 2.26. The fourth-order valence-electron chi connectivity index (χ4n) is 2.78. The number of carbonyl (C=O) groups excluding carboxylic acids is 1. The summed E-state index contributed by atoms with van der Waals surface area (Å²) in [5, 5.41) is 0. The van der Waals surface area contributed by atoms with Gasteiger partial charge in [-0.1, -0.05) is 32.9 Å². The molecule has 0 aliphatic heterocycles. The monoisotopic (exact) mass is 437 g/mol. The molecule has 160 valence electrons. The SMILES string of the molecule is COC(=O)c1cc(S(=O)(=O)NCCSc2ccc(C(C)(C)C)cc2)cc(C)c1C.[HH]. The molecule has 0 fully saturated rings. The van der Waals surface area contributed by atoms with Crippen LogP contribution in [-0.2, 0) is 20.2 Å². The number of thioether (sulfide) groups is 1. The van der Waals surface area contributed by atoms with Gasteiger partial charge in [-0.25, -0.2) is 17.9 Å². The summed E-state index contributed by atoms with van der Waals surface area (Å²) in [6, 6.07) is 11.3. The Balaban J connectivity index is 0.00000450. The molecule has 2 aromatic rings. The Kier molecular flexibility index (Phi) is 7.54. The van der Waals surface area contributed by atoms with Crippen molar-refractivity contribution in [2.75, 3.05) is 19.4 Å². The van der Waals surface area contributed by atoms with Crippen LogP contribution in [-0.4, -0.2) is 33.8 Å². The summed E-state index contributed by atoms with van der Waals surface area (Å²) in [5.41, 5.74) is 3.07. The Morgan fingerprint density at radius 3 is 2.31 bits per heavy atom. The molecule has 2 rings (SSSR count). The predicted molar refractivity (Wildman–Crippen MR) is 120 cm³/mol. The molecule has 29 heavy (non-hydrogen) atoms. The van der Waals surface area contributed by atoms with E-state index in [9.17, 15) is 13.2 Å². The van der Waals surface area contributed by atoms with Gasteiger partial charge in [0.05, 0.1) is 17.6 Å². The summed E-state index contributed by atoms with van der Waals surface area (Å²) in [6.45, 7) is 10.3. The zero-order valence-corrected chi connectivity index (χ0v) is 19.5. The average Bonchev–Trinajstić information content (AvgIpc) is 2.66. The lowest BCUT2D eigenvalue weighted by Crippen LogP contribution is -2.26. The van der Waals surface area contributed by atoms with Crippen LogP contribution in [0.3, 0.4) is 0 Å². The van der Waals surface area contributed by atoms with Gasteiger partial charge in [-0.3, -0.25) is 0 Å². The average molecular weight is 438 g/mol. The zero-order valence-electron chi connectivity index (χ0n) is 17.8. The lowest BCUT2D eigenvalue weighted by Gasteiger charge is -2.19. The zero-order chi connectivity index (χ0) is 21.8. The van der Waals surface area contributed by atoms with Crippen molar-refractivity contribution in [3.63, 3.8) is 0 Å². The van der Waals surface area contributed by atoms with Crippen LogP contribution in [0.4, 0.5) is 0 Å². The lowest BCUT2D eigenvalue weighted by atomic mass is 9.87. The number of benzene rings is 2. The van der Waals surface area contributed by atoms with Crippen LogP contribution >= 0.6 is 11.8 Å². The van der Waals surface area contributed by atoms with Gasteiger partial charge in [0.15, 0.2) is 0 Å². The summed E-state index contributed by atoms with van der Waals surface area (Å²) in [6.07, 6.45) is 0. The number of nitrogens with one attached hydrogen (secondary N) is 1. The van der Waals surface area contributed by atoms with Crippen molar-refractivity contribution in [3.05, 3.63) is 58.7 Å². The minimum atomic E-state index is -3.72. The molecule has 0 aliphatic carbocycles. The van der Waals surface area contributed by atoms with E-state index in [4.69, 9.17) is 4.74 Å². The summed E-state index contributed by atoms with van der Waals surface area (Å²) in [5.74, 6) is 0.0555. The first kappa shape index (κ1) is 23.4. The Morgan fingerprint density at radius 2 is 1.76 bits per heavy atom. The molecule has 1 N–H and O–H groups in total. The van der Waals surface area contributed by atoms with Crippen LogP contribution < -0.4 is 4.72 Å². The number of ether oxygens (including phenoxy) is 1. The van der Waals surface area contributed by atoms with E-state index in [1.54, 1.807) is 31.7 Å². The second-order valence-electron chi connectivity index (χ2n) is 7.92. The molecular weight excluding hydrogens is 406 g/mol. The first-order valence-electron chi connectivity index (χ1n) is 9.38. The number of carbonyl (C=O) groups is 1. The van der Waals surface area contributed by atoms with Gasteiger partial charge in [0.2, 0.25) is 10.0 Å². The van der Waals surface area contributed by atoms with Crippen LogP contribution in [0, 0.1) is 13.8 Å². The van der Waals surface area contributed by atoms with Gasteiger partial charge in [0.1, 0.15) is 0 Å². The van der Waals surface area contributed by atoms with Crippen LogP contribution in [0.15, 0.2) is 46.2 Å². The van der Waals surface area contributed by atoms with E-state index in [2.05, 4.69) is 49.8 Å². The molecule has 0 spiro atoms. The molecule has 0 aromatic heterocycles. The maximum Gasteiger partial charge on any atom is 0.338 e. The van der Waals surface area contributed by atoms with Gasteiger partial charge in [0, 0.05) is 18.6 Å². The molecule has 0 aliphatic rings. The normalized spacial score (nSPS) is 12.1. The maximum atomic E-state index is 12.7. The molecule has 2 aromatic carbocycles. The van der Waals surface area contributed by atoms with E-state index in [0.717, 1.165) is 10.5 Å². The smallest absolute Gasteiger partial charge is 0.338 e. The van der Waals surface area contributed by atoms with Crippen molar-refractivity contribution in [2.24, 2.45) is 0 Å². The van der Waals surface area contributed by atoms with E-state index in [1.165, 1.54) is 18.7 Å². The molecule has 5 nitrogen and oxygen atoms in total. The number of hydrogen-bond donors (Lipinski definition) is 1. The minimum absolute atomic E-state index is 0. The molecule has 0 atom stereocenters. The van der Waals surface area contributed by atoms with Crippen molar-refractivity contribution >= 4 is 27.8 Å². The molecule has 0 radical (unpaired) electrons. The van der Waals surface area contributed by atoms with Crippen molar-refractivity contribution < 1.29 is 19.4 Å². The number of methoxy groups -OCH3 is 1. The lowest BCUT2D eigenvalue weighted by molar-refractivity contribution is 0.0599. The van der Waals surface area contributed by atoms with Crippen molar-refractivity contribution in [1.29, 1.82) is 0 Å². The summed E-state index contributed by atoms with van der Waals surface area (Å²) < 4.78 is 32.7. The van der Waals surface area contributed by atoms with Gasteiger partial charge in [0.25, 0.3) is 0 Å². The van der Waals surface area contributed by atoms with Gasteiger partial charge in [-0.15, -0.1) is 11.8 Å². The number of rotatable bonds is 7. The van der Waals surface area contributed by atoms with E-state index >= 15 is 0 Å². The fraction of sp³-hybridized carbons (Fsp3) is 0.409. The second kappa shape index (κ2) is 9.32. The highest BCUT2D eigenvalue weighted by Gasteiger charge is 2.20. The number of hydrogen-bond acceptors (Lipinski definition) is 5. The number of aryl methyl sites for hydroxylation is 1. The Hall–Kier alpha value is -1.83. The predicted octanol–water partition coefficient (Wildman–Crippen LogP) is 4.70. The third kappa shape index (κ3) is 6.07. The van der Waals surface area contributed by atoms with E-state index < -0.39 is 16.0 Å². The standard InChI is InChI=1S/C22H29NO4S2.H2/c1-15-13-19(14-20(16(15)2)21(24)27-6)29(25,26)23-11-12-28-18-9-7-17(8-10-18)22(3,4)5;/h7-10,13-14,23H,11-12H2,1-6H3;1H. The molecular formula is C22H31NO4S2.